The second kappa shape index (κ2) is 15.6. The van der Waals surface area contributed by atoms with Crippen molar-refractivity contribution in [1.29, 1.82) is 0 Å². The lowest BCUT2D eigenvalue weighted by Gasteiger charge is -2.22. The minimum atomic E-state index is -0.728. The van der Waals surface area contributed by atoms with Crippen molar-refractivity contribution in [2.75, 3.05) is 50.2 Å². The fourth-order valence-electron chi connectivity index (χ4n) is 4.58. The molecule has 0 radical (unpaired) electrons. The maximum atomic E-state index is 12.0. The van der Waals surface area contributed by atoms with Crippen molar-refractivity contribution in [2.24, 2.45) is 0 Å². The molecule has 6 nitrogen and oxygen atoms in total. The van der Waals surface area contributed by atoms with Crippen LogP contribution in [0.5, 0.6) is 0 Å². The highest BCUT2D eigenvalue weighted by Gasteiger charge is 2.20. The third-order valence-electron chi connectivity index (χ3n) is 6.88. The van der Waals surface area contributed by atoms with Gasteiger partial charge in [-0.1, -0.05) is 36.4 Å². The molecule has 0 aliphatic heterocycles. The number of hydrogen-bond donors (Lipinski definition) is 0. The number of methoxy groups -OCH3 is 2. The number of allylic oxidation sites excluding steroid dienone is 2. The number of rotatable bonds is 13. The van der Waals surface area contributed by atoms with Gasteiger partial charge in [-0.15, -0.1) is 11.3 Å². The Labute approximate surface area is 248 Å². The molecule has 3 rings (SSSR count). The van der Waals surface area contributed by atoms with E-state index < -0.39 is 11.9 Å². The smallest absolute Gasteiger partial charge is 0.345 e. The van der Waals surface area contributed by atoms with E-state index in [0.29, 0.717) is 0 Å². The van der Waals surface area contributed by atoms with Gasteiger partial charge in [-0.2, -0.15) is 0 Å². The zero-order chi connectivity index (χ0) is 29.8. The first-order chi connectivity index (χ1) is 19.9. The van der Waals surface area contributed by atoms with Crippen LogP contribution in [0.2, 0.25) is 0 Å². The zero-order valence-electron chi connectivity index (χ0n) is 24.8. The number of ether oxygens (including phenoxy) is 2. The Balaban J connectivity index is 1.95. The first-order valence-corrected chi connectivity index (χ1v) is 14.8. The van der Waals surface area contributed by atoms with Crippen molar-refractivity contribution >= 4 is 52.4 Å². The fraction of sp³-hybridized carbons (Fsp3) is 0.294. The summed E-state index contributed by atoms with van der Waals surface area (Å²) in [5.41, 5.74) is 5.67. The predicted octanol–water partition coefficient (Wildman–Crippen LogP) is 7.32. The van der Waals surface area contributed by atoms with E-state index >= 15 is 0 Å². The van der Waals surface area contributed by atoms with Gasteiger partial charge in [-0.05, 0) is 92.9 Å². The summed E-state index contributed by atoms with van der Waals surface area (Å²) in [5, 5.41) is 0. The fourth-order valence-corrected chi connectivity index (χ4v) is 5.45. The van der Waals surface area contributed by atoms with Gasteiger partial charge in [0.2, 0.25) is 0 Å². The average molecular weight is 573 g/mol. The van der Waals surface area contributed by atoms with Crippen LogP contribution in [0.25, 0.3) is 17.7 Å². The molecule has 1 aromatic heterocycles. The van der Waals surface area contributed by atoms with E-state index in [-0.39, 0.29) is 5.57 Å². The van der Waals surface area contributed by atoms with Gasteiger partial charge >= 0.3 is 11.9 Å². The molecule has 41 heavy (non-hydrogen) atoms. The van der Waals surface area contributed by atoms with Crippen LogP contribution in [0.4, 0.5) is 11.4 Å². The van der Waals surface area contributed by atoms with E-state index in [9.17, 15) is 9.59 Å². The minimum absolute atomic E-state index is 0.143. The Morgan fingerprint density at radius 2 is 1.12 bits per heavy atom. The first-order valence-electron chi connectivity index (χ1n) is 14.0. The van der Waals surface area contributed by atoms with Gasteiger partial charge in [-0.25, -0.2) is 9.59 Å². The monoisotopic (exact) mass is 572 g/mol. The van der Waals surface area contributed by atoms with Crippen LogP contribution in [0.3, 0.4) is 0 Å². The molecule has 0 aliphatic rings. The quantitative estimate of drug-likeness (QED) is 0.0704. The van der Waals surface area contributed by atoms with Gasteiger partial charge in [0.1, 0.15) is 5.57 Å². The molecule has 0 spiro atoms. The van der Waals surface area contributed by atoms with E-state index in [0.717, 1.165) is 52.6 Å². The van der Waals surface area contributed by atoms with Crippen molar-refractivity contribution in [2.45, 2.75) is 27.7 Å². The molecule has 0 saturated carbocycles. The Morgan fingerprint density at radius 1 is 0.683 bits per heavy atom. The summed E-state index contributed by atoms with van der Waals surface area (Å²) < 4.78 is 9.45. The third kappa shape index (κ3) is 8.21. The number of carbonyl (C=O) groups excluding carboxylic acids is 2. The number of esters is 2. The van der Waals surface area contributed by atoms with Crippen molar-refractivity contribution in [3.63, 3.8) is 0 Å². The Morgan fingerprint density at radius 3 is 1.54 bits per heavy atom. The summed E-state index contributed by atoms with van der Waals surface area (Å²) in [6, 6.07) is 21.3. The molecule has 0 saturated heterocycles. The molecule has 0 amide bonds. The molecular formula is C34H40N2O4S. The molecule has 0 fully saturated rings. The minimum Gasteiger partial charge on any atom is -0.465 e. The van der Waals surface area contributed by atoms with Crippen LogP contribution < -0.4 is 9.80 Å². The number of anilines is 2. The highest BCUT2D eigenvalue weighted by Crippen LogP contribution is 2.29. The third-order valence-corrected chi connectivity index (χ3v) is 7.88. The molecular weight excluding hydrogens is 532 g/mol. The first kappa shape index (κ1) is 31.4. The Bertz CT molecular complexity index is 1300. The van der Waals surface area contributed by atoms with Gasteiger partial charge in [0, 0.05) is 47.3 Å². The SMILES string of the molecule is CCN(CC)c1ccc(C(=CC=Cc2ccc(C=C(C(=O)OC)C(=O)OC)s2)c2ccc(N(CC)CC)cc2)cc1. The topological polar surface area (TPSA) is 59.1 Å². The van der Waals surface area contributed by atoms with Crippen molar-refractivity contribution in [3.05, 3.63) is 99.3 Å². The normalized spacial score (nSPS) is 10.7. The highest BCUT2D eigenvalue weighted by atomic mass is 32.1. The number of nitrogens with zero attached hydrogens (tertiary/aromatic N) is 2. The molecule has 0 atom stereocenters. The van der Waals surface area contributed by atoms with Crippen LogP contribution in [0.1, 0.15) is 48.6 Å². The number of hydrogen-bond acceptors (Lipinski definition) is 7. The summed E-state index contributed by atoms with van der Waals surface area (Å²) >= 11 is 1.46. The largest absolute Gasteiger partial charge is 0.465 e. The van der Waals surface area contributed by atoms with E-state index in [1.807, 2.05) is 24.3 Å². The second-order valence-corrected chi connectivity index (χ2v) is 10.3. The van der Waals surface area contributed by atoms with Crippen LogP contribution in [0.15, 0.2) is 78.4 Å². The molecule has 0 aliphatic carbocycles. The second-order valence-electron chi connectivity index (χ2n) is 9.16. The van der Waals surface area contributed by atoms with E-state index in [4.69, 9.17) is 9.47 Å². The summed E-state index contributed by atoms with van der Waals surface area (Å²) in [6.07, 6.45) is 7.68. The van der Waals surface area contributed by atoms with Gasteiger partial charge in [0.05, 0.1) is 14.2 Å². The van der Waals surface area contributed by atoms with Gasteiger partial charge < -0.3 is 19.3 Å². The number of carbonyl (C=O) groups is 2. The average Bonchev–Trinajstić information content (AvgIpc) is 3.46. The van der Waals surface area contributed by atoms with Crippen molar-refractivity contribution < 1.29 is 19.1 Å². The van der Waals surface area contributed by atoms with Gasteiger partial charge in [0.15, 0.2) is 0 Å². The molecule has 1 heterocycles. The molecule has 0 N–H and O–H groups in total. The van der Waals surface area contributed by atoms with Crippen LogP contribution in [0, 0.1) is 0 Å². The molecule has 216 valence electrons. The molecule has 7 heteroatoms. The summed E-state index contributed by atoms with van der Waals surface area (Å²) in [7, 11) is 2.47. The van der Waals surface area contributed by atoms with Crippen molar-refractivity contribution in [1.82, 2.24) is 0 Å². The lowest BCUT2D eigenvalue weighted by molar-refractivity contribution is -0.143. The van der Waals surface area contributed by atoms with Crippen molar-refractivity contribution in [3.8, 4) is 0 Å². The van der Waals surface area contributed by atoms with E-state index in [1.54, 1.807) is 0 Å². The number of thiophene rings is 1. The van der Waals surface area contributed by atoms with E-state index in [2.05, 4.69) is 92.1 Å². The Kier molecular flexibility index (Phi) is 12.0. The maximum Gasteiger partial charge on any atom is 0.345 e. The molecule has 3 aromatic rings. The summed E-state index contributed by atoms with van der Waals surface area (Å²) in [4.78, 5) is 30.4. The van der Waals surface area contributed by atoms with Crippen LogP contribution in [-0.2, 0) is 19.1 Å². The van der Waals surface area contributed by atoms with Gasteiger partial charge in [-0.3, -0.25) is 0 Å². The number of benzene rings is 2. The Hall–Kier alpha value is -4.10. The molecule has 0 bridgehead atoms. The maximum absolute atomic E-state index is 12.0. The standard InChI is InChI=1S/C34H40N2O4S/c1-7-35(8-2)27-18-14-25(15-19-27)31(26-16-20-28(21-17-26)36(9-3)10-4)13-11-12-29-22-23-30(41-29)24-32(33(37)39-5)34(38)40-6/h11-24H,7-10H2,1-6H3. The highest BCUT2D eigenvalue weighted by molar-refractivity contribution is 7.13. The van der Waals surface area contributed by atoms with Crippen LogP contribution in [-0.4, -0.2) is 52.3 Å². The summed E-state index contributed by atoms with van der Waals surface area (Å²) in [5.74, 6) is -1.46. The molecule has 2 aromatic carbocycles. The predicted molar refractivity (Wildman–Crippen MR) is 172 cm³/mol. The van der Waals surface area contributed by atoms with E-state index in [1.165, 1.54) is 43.0 Å². The lowest BCUT2D eigenvalue weighted by atomic mass is 9.96. The summed E-state index contributed by atoms with van der Waals surface area (Å²) in [6.45, 7) is 12.5. The molecule has 0 unspecified atom stereocenters. The van der Waals surface area contributed by atoms with Gasteiger partial charge in [0.25, 0.3) is 0 Å². The lowest BCUT2D eigenvalue weighted by Crippen LogP contribution is -2.21. The zero-order valence-corrected chi connectivity index (χ0v) is 25.7. The van der Waals surface area contributed by atoms with Crippen LogP contribution >= 0.6 is 11.3 Å².